The van der Waals surface area contributed by atoms with Crippen LogP contribution in [-0.4, -0.2) is 11.6 Å². The monoisotopic (exact) mass is 194 g/mol. The van der Waals surface area contributed by atoms with E-state index in [4.69, 9.17) is 4.74 Å². The molecule has 2 nitrogen and oxygen atoms in total. The Morgan fingerprint density at radius 2 is 2.36 bits per heavy atom. The smallest absolute Gasteiger partial charge is 0.331 e. The number of rotatable bonds is 4. The van der Waals surface area contributed by atoms with Gasteiger partial charge in [-0.2, -0.15) is 0 Å². The zero-order chi connectivity index (χ0) is 10.2. The first-order valence-electron chi connectivity index (χ1n) is 5.61. The fourth-order valence-corrected chi connectivity index (χ4v) is 2.48. The molecular weight excluding hydrogens is 176 g/mol. The van der Waals surface area contributed by atoms with Crippen molar-refractivity contribution >= 4 is 5.97 Å². The molecule has 14 heavy (non-hydrogen) atoms. The molecule has 0 aromatic carbocycles. The van der Waals surface area contributed by atoms with Crippen molar-refractivity contribution in [3.63, 3.8) is 0 Å². The van der Waals surface area contributed by atoms with Crippen LogP contribution < -0.4 is 0 Å². The summed E-state index contributed by atoms with van der Waals surface area (Å²) in [5.74, 6) is 0.470. The molecular formula is C12H18O2. The van der Waals surface area contributed by atoms with Crippen molar-refractivity contribution in [1.29, 1.82) is 0 Å². The van der Waals surface area contributed by atoms with E-state index in [1.54, 1.807) is 6.08 Å². The maximum atomic E-state index is 11.1. The molecule has 0 N–H and O–H groups in total. The average Bonchev–Trinajstić information content (AvgIpc) is 2.72. The maximum Gasteiger partial charge on any atom is 0.331 e. The van der Waals surface area contributed by atoms with Gasteiger partial charge in [-0.05, 0) is 25.3 Å². The van der Waals surface area contributed by atoms with Crippen molar-refractivity contribution in [3.05, 3.63) is 11.6 Å². The van der Waals surface area contributed by atoms with Crippen LogP contribution in [0.1, 0.15) is 46.0 Å². The van der Waals surface area contributed by atoms with Gasteiger partial charge in [0.05, 0.1) is 0 Å². The Bertz CT molecular complexity index is 280. The lowest BCUT2D eigenvalue weighted by atomic mass is 10.0. The summed E-state index contributed by atoms with van der Waals surface area (Å²) in [4.78, 5) is 11.1. The van der Waals surface area contributed by atoms with Crippen molar-refractivity contribution in [2.24, 2.45) is 5.92 Å². The van der Waals surface area contributed by atoms with Gasteiger partial charge in [-0.1, -0.05) is 26.2 Å². The molecule has 2 aliphatic rings. The number of hydrogen-bond acceptors (Lipinski definition) is 2. The van der Waals surface area contributed by atoms with Gasteiger partial charge < -0.3 is 4.74 Å². The average molecular weight is 194 g/mol. The Morgan fingerprint density at radius 3 is 2.93 bits per heavy atom. The van der Waals surface area contributed by atoms with Gasteiger partial charge in [0.15, 0.2) is 0 Å². The van der Waals surface area contributed by atoms with Gasteiger partial charge in [0, 0.05) is 12.0 Å². The van der Waals surface area contributed by atoms with E-state index in [0.29, 0.717) is 5.92 Å². The molecule has 2 heteroatoms. The third-order valence-corrected chi connectivity index (χ3v) is 3.49. The summed E-state index contributed by atoms with van der Waals surface area (Å²) in [7, 11) is 0. The van der Waals surface area contributed by atoms with Gasteiger partial charge in [-0.15, -0.1) is 0 Å². The van der Waals surface area contributed by atoms with E-state index in [-0.39, 0.29) is 11.6 Å². The van der Waals surface area contributed by atoms with Crippen LogP contribution in [0.5, 0.6) is 0 Å². The summed E-state index contributed by atoms with van der Waals surface area (Å²) in [6.07, 6.45) is 7.75. The van der Waals surface area contributed by atoms with Crippen LogP contribution in [0.4, 0.5) is 0 Å². The first-order valence-corrected chi connectivity index (χ1v) is 5.61. The van der Waals surface area contributed by atoms with E-state index in [2.05, 4.69) is 6.92 Å². The van der Waals surface area contributed by atoms with Crippen LogP contribution in [0.25, 0.3) is 0 Å². The van der Waals surface area contributed by atoms with Crippen molar-refractivity contribution in [2.45, 2.75) is 51.6 Å². The Morgan fingerprint density at radius 1 is 1.57 bits per heavy atom. The van der Waals surface area contributed by atoms with Crippen molar-refractivity contribution < 1.29 is 9.53 Å². The zero-order valence-corrected chi connectivity index (χ0v) is 9.01. The molecule has 0 bridgehead atoms. The second-order valence-corrected chi connectivity index (χ2v) is 4.53. The number of ether oxygens (including phenoxy) is 1. The highest BCUT2D eigenvalue weighted by molar-refractivity contribution is 5.87. The second kappa shape index (κ2) is 3.41. The minimum atomic E-state index is -0.148. The van der Waals surface area contributed by atoms with Crippen LogP contribution in [0.15, 0.2) is 11.6 Å². The minimum Gasteiger partial charge on any atom is -0.451 e. The highest BCUT2D eigenvalue weighted by Crippen LogP contribution is 2.56. The van der Waals surface area contributed by atoms with Crippen molar-refractivity contribution in [2.75, 3.05) is 0 Å². The van der Waals surface area contributed by atoms with E-state index in [1.165, 1.54) is 25.7 Å². The maximum absolute atomic E-state index is 11.1. The molecule has 0 aromatic heterocycles. The Labute approximate surface area is 85.3 Å². The third-order valence-electron chi connectivity index (χ3n) is 3.49. The van der Waals surface area contributed by atoms with E-state index >= 15 is 0 Å². The summed E-state index contributed by atoms with van der Waals surface area (Å²) in [5.41, 5.74) is 0.995. The molecule has 1 aliphatic heterocycles. The van der Waals surface area contributed by atoms with Gasteiger partial charge >= 0.3 is 5.97 Å². The first-order chi connectivity index (χ1) is 6.69. The lowest BCUT2D eigenvalue weighted by Gasteiger charge is -2.11. The van der Waals surface area contributed by atoms with E-state index in [1.807, 2.05) is 6.92 Å². The Balaban J connectivity index is 1.85. The van der Waals surface area contributed by atoms with Crippen LogP contribution in [0.3, 0.4) is 0 Å². The van der Waals surface area contributed by atoms with Gasteiger partial charge in [-0.25, -0.2) is 4.79 Å². The molecule has 78 valence electrons. The topological polar surface area (TPSA) is 26.3 Å². The zero-order valence-electron chi connectivity index (χ0n) is 9.01. The number of unbranched alkanes of at least 4 members (excludes halogenated alkanes) is 2. The lowest BCUT2D eigenvalue weighted by molar-refractivity contribution is -0.140. The number of hydrogen-bond donors (Lipinski definition) is 0. The molecule has 0 unspecified atom stereocenters. The summed E-state index contributed by atoms with van der Waals surface area (Å²) >= 11 is 0. The summed E-state index contributed by atoms with van der Waals surface area (Å²) in [5, 5.41) is 0. The molecule has 0 radical (unpaired) electrons. The molecule has 1 spiro atoms. The van der Waals surface area contributed by atoms with Crippen molar-refractivity contribution in [1.82, 2.24) is 0 Å². The van der Waals surface area contributed by atoms with E-state index < -0.39 is 0 Å². The molecule has 1 aliphatic carbocycles. The quantitative estimate of drug-likeness (QED) is 0.508. The Hall–Kier alpha value is -0.790. The van der Waals surface area contributed by atoms with E-state index in [0.717, 1.165) is 12.0 Å². The molecule has 1 saturated carbocycles. The molecule has 2 atom stereocenters. The highest BCUT2D eigenvalue weighted by Gasteiger charge is 2.60. The summed E-state index contributed by atoms with van der Waals surface area (Å²) in [6.45, 7) is 4.23. The number of carbonyl (C=O) groups excluding carboxylic acids is 1. The predicted molar refractivity (Wildman–Crippen MR) is 54.8 cm³/mol. The summed E-state index contributed by atoms with van der Waals surface area (Å²) < 4.78 is 5.38. The van der Waals surface area contributed by atoms with E-state index in [9.17, 15) is 4.79 Å². The number of carbonyl (C=O) groups is 1. The second-order valence-electron chi connectivity index (χ2n) is 4.53. The first kappa shape index (κ1) is 9.75. The molecule has 2 rings (SSSR count). The summed E-state index contributed by atoms with van der Waals surface area (Å²) in [6, 6.07) is 0. The van der Waals surface area contributed by atoms with Crippen LogP contribution in [0, 0.1) is 5.92 Å². The van der Waals surface area contributed by atoms with Crippen LogP contribution in [0.2, 0.25) is 0 Å². The van der Waals surface area contributed by atoms with Gasteiger partial charge in [0.2, 0.25) is 0 Å². The van der Waals surface area contributed by atoms with Crippen LogP contribution in [-0.2, 0) is 9.53 Å². The van der Waals surface area contributed by atoms with Gasteiger partial charge in [0.1, 0.15) is 5.60 Å². The normalized spacial score (nSPS) is 34.6. The fourth-order valence-electron chi connectivity index (χ4n) is 2.48. The van der Waals surface area contributed by atoms with Gasteiger partial charge in [0.25, 0.3) is 0 Å². The number of esters is 1. The molecule has 0 aromatic rings. The van der Waals surface area contributed by atoms with Crippen LogP contribution >= 0.6 is 0 Å². The highest BCUT2D eigenvalue weighted by atomic mass is 16.6. The fraction of sp³-hybridized carbons (Fsp3) is 0.750. The largest absolute Gasteiger partial charge is 0.451 e. The van der Waals surface area contributed by atoms with Crippen molar-refractivity contribution in [3.8, 4) is 0 Å². The molecule has 1 heterocycles. The third kappa shape index (κ3) is 1.47. The molecule has 1 fully saturated rings. The molecule has 0 saturated heterocycles. The molecule has 0 amide bonds. The van der Waals surface area contributed by atoms with Gasteiger partial charge in [-0.3, -0.25) is 0 Å². The minimum absolute atomic E-state index is 0.138. The SMILES string of the molecule is CCCCC[C@@H]1C[C@@]12OC(=O)C=C2C. The standard InChI is InChI=1S/C12H18O2/c1-3-4-5-6-10-8-12(10)9(2)7-11(13)14-12/h7,10H,3-6,8H2,1-2H3/t10-,12+/m1/s1. The lowest BCUT2D eigenvalue weighted by Crippen LogP contribution is -2.15. The predicted octanol–water partition coefficient (Wildman–Crippen LogP) is 2.83. The Kier molecular flexibility index (Phi) is 2.38.